The van der Waals surface area contributed by atoms with E-state index in [2.05, 4.69) is 5.16 Å². The molecule has 0 bridgehead atoms. The highest BCUT2D eigenvalue weighted by molar-refractivity contribution is 7.09. The van der Waals surface area contributed by atoms with E-state index in [9.17, 15) is 9.18 Å². The lowest BCUT2D eigenvalue weighted by Gasteiger charge is -2.19. The number of amides is 1. The Bertz CT molecular complexity index is 715. The Balaban J connectivity index is 1.54. The van der Waals surface area contributed by atoms with E-state index < -0.39 is 6.10 Å². The smallest absolute Gasteiger partial charge is 0.266 e. The molecule has 1 aromatic carbocycles. The molecule has 23 heavy (non-hydrogen) atoms. The Kier molecular flexibility index (Phi) is 4.71. The monoisotopic (exact) mass is 332 g/mol. The second-order valence-corrected chi connectivity index (χ2v) is 6.57. The van der Waals surface area contributed by atoms with Crippen LogP contribution in [-0.4, -0.2) is 29.7 Å². The fourth-order valence-corrected chi connectivity index (χ4v) is 3.26. The van der Waals surface area contributed by atoms with E-state index in [1.165, 1.54) is 12.1 Å². The molecule has 1 atom stereocenters. The van der Waals surface area contributed by atoms with Gasteiger partial charge in [-0.3, -0.25) is 4.79 Å². The van der Waals surface area contributed by atoms with Crippen LogP contribution in [0.15, 0.2) is 46.9 Å². The SMILES string of the molecule is CN(Cc1cccs1)C(=O)[C@H]1CC(Cc2cccc(F)c2)=NO1. The topological polar surface area (TPSA) is 41.9 Å². The zero-order valence-corrected chi connectivity index (χ0v) is 13.6. The normalized spacial score (nSPS) is 16.8. The quantitative estimate of drug-likeness (QED) is 0.843. The van der Waals surface area contributed by atoms with Crippen molar-refractivity contribution in [2.45, 2.75) is 25.5 Å². The van der Waals surface area contributed by atoms with E-state index in [1.54, 1.807) is 29.4 Å². The number of carbonyl (C=O) groups excluding carboxylic acids is 1. The van der Waals surface area contributed by atoms with Crippen LogP contribution in [0, 0.1) is 5.82 Å². The Morgan fingerprint density at radius 3 is 3.04 bits per heavy atom. The first-order valence-corrected chi connectivity index (χ1v) is 8.23. The minimum absolute atomic E-state index is 0.0867. The molecule has 1 aliphatic rings. The Hall–Kier alpha value is -2.21. The van der Waals surface area contributed by atoms with Crippen molar-refractivity contribution in [3.05, 3.63) is 58.0 Å². The molecule has 1 amide bonds. The van der Waals surface area contributed by atoms with Gasteiger partial charge in [-0.15, -0.1) is 11.3 Å². The number of thiophene rings is 1. The molecule has 0 N–H and O–H groups in total. The first-order chi connectivity index (χ1) is 11.1. The van der Waals surface area contributed by atoms with Crippen LogP contribution >= 0.6 is 11.3 Å². The van der Waals surface area contributed by atoms with E-state index in [1.807, 2.05) is 23.6 Å². The van der Waals surface area contributed by atoms with Gasteiger partial charge < -0.3 is 9.74 Å². The van der Waals surface area contributed by atoms with Crippen molar-refractivity contribution >= 4 is 23.0 Å². The molecule has 0 saturated carbocycles. The summed E-state index contributed by atoms with van der Waals surface area (Å²) in [5.74, 6) is -0.360. The van der Waals surface area contributed by atoms with Crippen molar-refractivity contribution in [2.75, 3.05) is 7.05 Å². The first-order valence-electron chi connectivity index (χ1n) is 7.35. The van der Waals surface area contributed by atoms with Gasteiger partial charge in [-0.1, -0.05) is 23.4 Å². The number of likely N-dealkylation sites (N-methyl/N-ethyl adjacent to an activating group) is 1. The molecule has 1 aromatic heterocycles. The number of nitrogens with zero attached hydrogens (tertiary/aromatic N) is 2. The van der Waals surface area contributed by atoms with E-state index in [-0.39, 0.29) is 11.7 Å². The van der Waals surface area contributed by atoms with Gasteiger partial charge in [0.15, 0.2) is 0 Å². The van der Waals surface area contributed by atoms with E-state index in [0.29, 0.717) is 19.4 Å². The molecular weight excluding hydrogens is 315 g/mol. The molecule has 0 fully saturated rings. The molecule has 0 spiro atoms. The predicted molar refractivity (Wildman–Crippen MR) is 87.8 cm³/mol. The molecule has 120 valence electrons. The standard InChI is InChI=1S/C17H17FN2O2S/c1-20(11-15-6-3-7-23-15)17(21)16-10-14(19-22-16)9-12-4-2-5-13(18)8-12/h2-8,16H,9-11H2,1H3/t16-/m1/s1. The highest BCUT2D eigenvalue weighted by atomic mass is 32.1. The molecule has 2 aromatic rings. The Morgan fingerprint density at radius 2 is 2.30 bits per heavy atom. The van der Waals surface area contributed by atoms with Gasteiger partial charge in [0, 0.05) is 24.8 Å². The van der Waals surface area contributed by atoms with Crippen molar-refractivity contribution in [3.63, 3.8) is 0 Å². The summed E-state index contributed by atoms with van der Waals surface area (Å²) in [5.41, 5.74) is 1.59. The molecule has 0 aliphatic carbocycles. The van der Waals surface area contributed by atoms with Gasteiger partial charge in [0.05, 0.1) is 12.3 Å². The average Bonchev–Trinajstić information content (AvgIpc) is 3.18. The van der Waals surface area contributed by atoms with Crippen molar-refractivity contribution < 1.29 is 14.0 Å². The Morgan fingerprint density at radius 1 is 1.43 bits per heavy atom. The van der Waals surface area contributed by atoms with Crippen LogP contribution in [0.5, 0.6) is 0 Å². The van der Waals surface area contributed by atoms with Gasteiger partial charge in [-0.05, 0) is 29.1 Å². The summed E-state index contributed by atoms with van der Waals surface area (Å²) in [7, 11) is 1.76. The lowest BCUT2D eigenvalue weighted by atomic mass is 10.0. The van der Waals surface area contributed by atoms with Crippen LogP contribution in [0.25, 0.3) is 0 Å². The summed E-state index contributed by atoms with van der Waals surface area (Å²) >= 11 is 1.62. The lowest BCUT2D eigenvalue weighted by Crippen LogP contribution is -2.36. The molecule has 0 radical (unpaired) electrons. The third kappa shape index (κ3) is 3.96. The number of benzene rings is 1. The zero-order chi connectivity index (χ0) is 16.2. The third-order valence-corrected chi connectivity index (χ3v) is 4.51. The number of halogens is 1. The molecule has 2 heterocycles. The van der Waals surface area contributed by atoms with Gasteiger partial charge in [0.2, 0.25) is 6.10 Å². The molecule has 1 aliphatic heterocycles. The largest absolute Gasteiger partial charge is 0.382 e. The summed E-state index contributed by atoms with van der Waals surface area (Å²) < 4.78 is 13.2. The summed E-state index contributed by atoms with van der Waals surface area (Å²) in [6.07, 6.45) is 0.365. The molecule has 3 rings (SSSR count). The van der Waals surface area contributed by atoms with Gasteiger partial charge >= 0.3 is 0 Å². The molecule has 6 heteroatoms. The third-order valence-electron chi connectivity index (χ3n) is 3.65. The number of oxime groups is 1. The second-order valence-electron chi connectivity index (χ2n) is 5.54. The number of rotatable bonds is 5. The average molecular weight is 332 g/mol. The van der Waals surface area contributed by atoms with Gasteiger partial charge in [-0.25, -0.2) is 4.39 Å². The zero-order valence-electron chi connectivity index (χ0n) is 12.7. The highest BCUT2D eigenvalue weighted by Crippen LogP contribution is 2.18. The van der Waals surface area contributed by atoms with Gasteiger partial charge in [-0.2, -0.15) is 0 Å². The maximum Gasteiger partial charge on any atom is 0.266 e. The van der Waals surface area contributed by atoms with Crippen LogP contribution < -0.4 is 0 Å². The fraction of sp³-hybridized carbons (Fsp3) is 0.294. The maximum absolute atomic E-state index is 13.2. The van der Waals surface area contributed by atoms with E-state index in [4.69, 9.17) is 4.84 Å². The van der Waals surface area contributed by atoms with Gasteiger partial charge in [0.1, 0.15) is 5.82 Å². The van der Waals surface area contributed by atoms with Crippen LogP contribution in [0.1, 0.15) is 16.9 Å². The lowest BCUT2D eigenvalue weighted by molar-refractivity contribution is -0.141. The first kappa shape index (κ1) is 15.7. The number of carbonyl (C=O) groups is 1. The van der Waals surface area contributed by atoms with Gasteiger partial charge in [0.25, 0.3) is 5.91 Å². The Labute approximate surface area is 138 Å². The van der Waals surface area contributed by atoms with Crippen molar-refractivity contribution in [1.82, 2.24) is 4.90 Å². The highest BCUT2D eigenvalue weighted by Gasteiger charge is 2.30. The molecular formula is C17H17FN2O2S. The van der Waals surface area contributed by atoms with Crippen molar-refractivity contribution in [2.24, 2.45) is 5.16 Å². The second kappa shape index (κ2) is 6.91. The minimum Gasteiger partial charge on any atom is -0.382 e. The van der Waals surface area contributed by atoms with Crippen LogP contribution in [-0.2, 0) is 22.6 Å². The summed E-state index contributed by atoms with van der Waals surface area (Å²) in [4.78, 5) is 20.4. The van der Waals surface area contributed by atoms with Crippen LogP contribution in [0.2, 0.25) is 0 Å². The summed E-state index contributed by atoms with van der Waals surface area (Å²) in [6.45, 7) is 0.565. The summed E-state index contributed by atoms with van der Waals surface area (Å²) in [6, 6.07) is 10.3. The number of hydrogen-bond donors (Lipinski definition) is 0. The number of hydrogen-bond acceptors (Lipinski definition) is 4. The molecule has 0 unspecified atom stereocenters. The maximum atomic E-state index is 13.2. The predicted octanol–water partition coefficient (Wildman–Crippen LogP) is 3.23. The van der Waals surface area contributed by atoms with E-state index in [0.717, 1.165) is 16.2 Å². The van der Waals surface area contributed by atoms with Crippen molar-refractivity contribution in [1.29, 1.82) is 0 Å². The molecule has 4 nitrogen and oxygen atoms in total. The fourth-order valence-electron chi connectivity index (χ4n) is 2.51. The molecule has 0 saturated heterocycles. The summed E-state index contributed by atoms with van der Waals surface area (Å²) in [5, 5.41) is 5.98. The van der Waals surface area contributed by atoms with Crippen molar-refractivity contribution in [3.8, 4) is 0 Å². The van der Waals surface area contributed by atoms with Crippen LogP contribution in [0.3, 0.4) is 0 Å². The van der Waals surface area contributed by atoms with E-state index >= 15 is 0 Å². The van der Waals surface area contributed by atoms with Crippen LogP contribution in [0.4, 0.5) is 4.39 Å². The minimum atomic E-state index is -0.580.